The van der Waals surface area contributed by atoms with Gasteiger partial charge in [-0.15, -0.1) is 11.3 Å². The molecule has 1 aromatic rings. The highest BCUT2D eigenvalue weighted by molar-refractivity contribution is 7.09. The monoisotopic (exact) mass is 253 g/mol. The number of likely N-dealkylation sites (tertiary alicyclic amines) is 1. The number of hydrogen-bond donors (Lipinski definition) is 1. The number of hydrogen-bond acceptors (Lipinski definition) is 4. The van der Waals surface area contributed by atoms with Crippen LogP contribution in [0.5, 0.6) is 0 Å². The molecule has 1 aliphatic rings. The Labute approximate surface area is 108 Å². The van der Waals surface area contributed by atoms with Crippen LogP contribution in [0.15, 0.2) is 5.38 Å². The lowest BCUT2D eigenvalue weighted by Crippen LogP contribution is -2.30. The van der Waals surface area contributed by atoms with E-state index in [0.29, 0.717) is 12.0 Å². The van der Waals surface area contributed by atoms with Crippen LogP contribution in [0, 0.1) is 0 Å². The third-order valence-corrected chi connectivity index (χ3v) is 4.61. The van der Waals surface area contributed by atoms with Crippen LogP contribution in [-0.2, 0) is 6.42 Å². The maximum absolute atomic E-state index is 4.81. The van der Waals surface area contributed by atoms with Gasteiger partial charge < -0.3 is 10.2 Å². The van der Waals surface area contributed by atoms with Crippen LogP contribution in [0.2, 0.25) is 0 Å². The molecular weight excluding hydrogens is 230 g/mol. The lowest BCUT2D eigenvalue weighted by atomic mass is 9.99. The molecule has 3 nitrogen and oxygen atoms in total. The van der Waals surface area contributed by atoms with Crippen molar-refractivity contribution >= 4 is 11.3 Å². The van der Waals surface area contributed by atoms with E-state index in [-0.39, 0.29) is 0 Å². The van der Waals surface area contributed by atoms with E-state index < -0.39 is 0 Å². The molecule has 0 radical (unpaired) electrons. The molecule has 0 aliphatic carbocycles. The van der Waals surface area contributed by atoms with Crippen LogP contribution in [0.3, 0.4) is 0 Å². The summed E-state index contributed by atoms with van der Waals surface area (Å²) in [5, 5.41) is 6.84. The molecule has 1 fully saturated rings. The van der Waals surface area contributed by atoms with Crippen molar-refractivity contribution in [2.24, 2.45) is 0 Å². The first-order chi connectivity index (χ1) is 8.19. The first kappa shape index (κ1) is 13.0. The standard InChI is InChI=1S/C13H23N3S/c1-10(14-2)7-12-9-17-13(15-12)11-5-4-6-16(3)8-11/h9-11,14H,4-8H2,1-3H3. The average Bonchev–Trinajstić information content (AvgIpc) is 2.77. The molecule has 2 unspecified atom stereocenters. The fourth-order valence-corrected chi connectivity index (χ4v) is 3.35. The highest BCUT2D eigenvalue weighted by Crippen LogP contribution is 2.28. The van der Waals surface area contributed by atoms with Crippen molar-refractivity contribution in [1.82, 2.24) is 15.2 Å². The molecule has 2 rings (SSSR count). The molecule has 1 N–H and O–H groups in total. The van der Waals surface area contributed by atoms with Gasteiger partial charge in [0, 0.05) is 30.3 Å². The molecule has 0 spiro atoms. The smallest absolute Gasteiger partial charge is 0.0972 e. The molecule has 0 saturated carbocycles. The van der Waals surface area contributed by atoms with Crippen molar-refractivity contribution in [2.75, 3.05) is 27.2 Å². The van der Waals surface area contributed by atoms with E-state index in [9.17, 15) is 0 Å². The van der Waals surface area contributed by atoms with Gasteiger partial charge in [0.15, 0.2) is 0 Å². The van der Waals surface area contributed by atoms with Crippen molar-refractivity contribution < 1.29 is 0 Å². The van der Waals surface area contributed by atoms with Gasteiger partial charge in [0.25, 0.3) is 0 Å². The maximum Gasteiger partial charge on any atom is 0.0972 e. The fourth-order valence-electron chi connectivity index (χ4n) is 2.39. The molecule has 2 atom stereocenters. The SMILES string of the molecule is CNC(C)Cc1csc(C2CCCN(C)C2)n1. The molecule has 0 aromatic carbocycles. The van der Waals surface area contributed by atoms with Gasteiger partial charge in [-0.1, -0.05) is 0 Å². The summed E-state index contributed by atoms with van der Waals surface area (Å²) in [6.45, 7) is 4.62. The van der Waals surface area contributed by atoms with Crippen LogP contribution in [0.25, 0.3) is 0 Å². The van der Waals surface area contributed by atoms with E-state index in [2.05, 4.69) is 29.6 Å². The molecule has 1 aromatic heterocycles. The minimum Gasteiger partial charge on any atom is -0.317 e. The summed E-state index contributed by atoms with van der Waals surface area (Å²) in [5.74, 6) is 0.664. The highest BCUT2D eigenvalue weighted by Gasteiger charge is 2.21. The Bertz CT molecular complexity index is 350. The Morgan fingerprint density at radius 3 is 3.18 bits per heavy atom. The van der Waals surface area contributed by atoms with Gasteiger partial charge in [-0.05, 0) is 40.4 Å². The van der Waals surface area contributed by atoms with E-state index in [0.717, 1.165) is 6.42 Å². The zero-order valence-corrected chi connectivity index (χ0v) is 11.9. The Morgan fingerprint density at radius 1 is 1.65 bits per heavy atom. The third kappa shape index (κ3) is 3.50. The number of thiazole rings is 1. The predicted molar refractivity (Wildman–Crippen MR) is 73.8 cm³/mol. The van der Waals surface area contributed by atoms with Gasteiger partial charge in [0.2, 0.25) is 0 Å². The summed E-state index contributed by atoms with van der Waals surface area (Å²) < 4.78 is 0. The zero-order valence-electron chi connectivity index (χ0n) is 11.1. The average molecular weight is 253 g/mol. The molecular formula is C13H23N3S. The number of rotatable bonds is 4. The molecule has 0 bridgehead atoms. The normalized spacial score (nSPS) is 23.8. The predicted octanol–water partition coefficient (Wildman–Crippen LogP) is 2.10. The summed E-state index contributed by atoms with van der Waals surface area (Å²) in [6.07, 6.45) is 3.65. The fraction of sp³-hybridized carbons (Fsp3) is 0.769. The summed E-state index contributed by atoms with van der Waals surface area (Å²) in [6, 6.07) is 0.513. The lowest BCUT2D eigenvalue weighted by molar-refractivity contribution is 0.250. The van der Waals surface area contributed by atoms with Gasteiger partial charge in [0.05, 0.1) is 10.7 Å². The minimum absolute atomic E-state index is 0.513. The van der Waals surface area contributed by atoms with Gasteiger partial charge in [0.1, 0.15) is 0 Å². The second-order valence-corrected chi connectivity index (χ2v) is 6.06. The van der Waals surface area contributed by atoms with Crippen LogP contribution in [-0.4, -0.2) is 43.1 Å². The van der Waals surface area contributed by atoms with Crippen molar-refractivity contribution in [1.29, 1.82) is 0 Å². The quantitative estimate of drug-likeness (QED) is 0.891. The Morgan fingerprint density at radius 2 is 2.47 bits per heavy atom. The van der Waals surface area contributed by atoms with Crippen LogP contribution in [0.4, 0.5) is 0 Å². The summed E-state index contributed by atoms with van der Waals surface area (Å²) >= 11 is 1.85. The van der Waals surface area contributed by atoms with Gasteiger partial charge in [-0.3, -0.25) is 0 Å². The molecule has 96 valence electrons. The van der Waals surface area contributed by atoms with Crippen molar-refractivity contribution in [3.8, 4) is 0 Å². The molecule has 1 saturated heterocycles. The van der Waals surface area contributed by atoms with E-state index in [1.165, 1.54) is 36.6 Å². The number of likely N-dealkylation sites (N-methyl/N-ethyl adjacent to an activating group) is 2. The van der Waals surface area contributed by atoms with Crippen molar-refractivity contribution in [3.63, 3.8) is 0 Å². The number of nitrogens with one attached hydrogen (secondary N) is 1. The van der Waals surface area contributed by atoms with E-state index in [4.69, 9.17) is 4.98 Å². The third-order valence-electron chi connectivity index (χ3n) is 3.55. The Kier molecular flexibility index (Phi) is 4.54. The minimum atomic E-state index is 0.513. The van der Waals surface area contributed by atoms with Gasteiger partial charge in [-0.2, -0.15) is 0 Å². The van der Waals surface area contributed by atoms with Crippen LogP contribution in [0.1, 0.15) is 36.4 Å². The Hall–Kier alpha value is -0.450. The summed E-state index contributed by atoms with van der Waals surface area (Å²) in [4.78, 5) is 7.23. The van der Waals surface area contributed by atoms with E-state index >= 15 is 0 Å². The van der Waals surface area contributed by atoms with E-state index in [1.807, 2.05) is 18.4 Å². The van der Waals surface area contributed by atoms with Gasteiger partial charge >= 0.3 is 0 Å². The largest absolute Gasteiger partial charge is 0.317 e. The zero-order chi connectivity index (χ0) is 12.3. The van der Waals surface area contributed by atoms with E-state index in [1.54, 1.807) is 0 Å². The van der Waals surface area contributed by atoms with Crippen molar-refractivity contribution in [2.45, 2.75) is 38.1 Å². The topological polar surface area (TPSA) is 28.2 Å². The number of piperidine rings is 1. The maximum atomic E-state index is 4.81. The Balaban J connectivity index is 1.97. The summed E-state index contributed by atoms with van der Waals surface area (Å²) in [5.41, 5.74) is 1.25. The number of aromatic nitrogens is 1. The molecule has 0 amide bonds. The van der Waals surface area contributed by atoms with Crippen LogP contribution >= 0.6 is 11.3 Å². The summed E-state index contributed by atoms with van der Waals surface area (Å²) in [7, 11) is 4.22. The molecule has 4 heteroatoms. The van der Waals surface area contributed by atoms with Crippen LogP contribution < -0.4 is 5.32 Å². The first-order valence-electron chi connectivity index (χ1n) is 6.49. The lowest BCUT2D eigenvalue weighted by Gasteiger charge is -2.28. The molecule has 2 heterocycles. The second-order valence-electron chi connectivity index (χ2n) is 5.17. The molecule has 17 heavy (non-hydrogen) atoms. The van der Waals surface area contributed by atoms with Gasteiger partial charge in [-0.25, -0.2) is 4.98 Å². The van der Waals surface area contributed by atoms with Crippen molar-refractivity contribution in [3.05, 3.63) is 16.1 Å². The molecule has 1 aliphatic heterocycles. The highest BCUT2D eigenvalue weighted by atomic mass is 32.1. The first-order valence-corrected chi connectivity index (χ1v) is 7.37. The second kappa shape index (κ2) is 5.94. The number of nitrogens with zero attached hydrogens (tertiary/aromatic N) is 2.